The van der Waals surface area contributed by atoms with Gasteiger partial charge in [-0.15, -0.1) is 0 Å². The van der Waals surface area contributed by atoms with Crippen LogP contribution >= 0.6 is 0 Å². The topological polar surface area (TPSA) is 105 Å². The van der Waals surface area contributed by atoms with Crippen LogP contribution in [0.2, 0.25) is 0 Å². The molecule has 1 aromatic rings. The number of oxime groups is 1. The maximum absolute atomic E-state index is 11.6. The average molecular weight is 297 g/mol. The maximum Gasteiger partial charge on any atom is 0.170 e. The molecule has 0 aliphatic carbocycles. The third kappa shape index (κ3) is 3.94. The van der Waals surface area contributed by atoms with Crippen LogP contribution in [0.25, 0.3) is 0 Å². The van der Waals surface area contributed by atoms with Gasteiger partial charge in [0.25, 0.3) is 0 Å². The molecule has 0 spiro atoms. The first kappa shape index (κ1) is 14.8. The monoisotopic (exact) mass is 297 g/mol. The Balaban J connectivity index is 1.97. The van der Waals surface area contributed by atoms with Crippen molar-refractivity contribution in [1.82, 2.24) is 5.32 Å². The smallest absolute Gasteiger partial charge is 0.170 e. The number of hydrogen-bond acceptors (Lipinski definition) is 5. The Morgan fingerprint density at radius 1 is 1.50 bits per heavy atom. The fourth-order valence-electron chi connectivity index (χ4n) is 2.34. The van der Waals surface area contributed by atoms with Crippen LogP contribution in [-0.2, 0) is 16.4 Å². The van der Waals surface area contributed by atoms with Crippen molar-refractivity contribution in [2.24, 2.45) is 10.9 Å². The molecule has 2 rings (SSSR count). The minimum atomic E-state index is -2.90. The van der Waals surface area contributed by atoms with E-state index < -0.39 is 9.84 Å². The highest BCUT2D eigenvalue weighted by Crippen LogP contribution is 2.13. The number of nitrogens with zero attached hydrogens (tertiary/aromatic N) is 1. The number of benzene rings is 1. The lowest BCUT2D eigenvalue weighted by atomic mass is 10.1. The second kappa shape index (κ2) is 6.23. The summed E-state index contributed by atoms with van der Waals surface area (Å²) in [6.07, 6.45) is 1.59. The molecule has 0 aromatic heterocycles. The van der Waals surface area contributed by atoms with E-state index in [1.807, 2.05) is 18.2 Å². The van der Waals surface area contributed by atoms with Crippen molar-refractivity contribution in [3.63, 3.8) is 0 Å². The predicted octanol–water partition coefficient (Wildman–Crippen LogP) is 0.448. The zero-order chi connectivity index (χ0) is 14.6. The summed E-state index contributed by atoms with van der Waals surface area (Å²) in [6.45, 7) is 0.562. The molecule has 0 saturated carbocycles. The van der Waals surface area contributed by atoms with Gasteiger partial charge in [-0.3, -0.25) is 0 Å². The molecular weight excluding hydrogens is 278 g/mol. The van der Waals surface area contributed by atoms with E-state index in [9.17, 15) is 8.42 Å². The van der Waals surface area contributed by atoms with Crippen molar-refractivity contribution in [3.8, 4) is 0 Å². The first-order valence-corrected chi connectivity index (χ1v) is 8.33. The second-order valence-electron chi connectivity index (χ2n) is 5.02. The Labute approximate surface area is 118 Å². The largest absolute Gasteiger partial charge is 0.409 e. The van der Waals surface area contributed by atoms with Gasteiger partial charge in [-0.05, 0) is 24.5 Å². The van der Waals surface area contributed by atoms with Crippen molar-refractivity contribution < 1.29 is 13.6 Å². The Bertz CT molecular complexity index is 599. The quantitative estimate of drug-likeness (QED) is 0.324. The normalized spacial score (nSPS) is 22.6. The third-order valence-electron chi connectivity index (χ3n) is 3.39. The minimum Gasteiger partial charge on any atom is -0.409 e. The molecule has 1 saturated heterocycles. The van der Waals surface area contributed by atoms with Gasteiger partial charge in [-0.2, -0.15) is 0 Å². The van der Waals surface area contributed by atoms with E-state index in [2.05, 4.69) is 10.5 Å². The lowest BCUT2D eigenvalue weighted by Gasteiger charge is -2.23. The van der Waals surface area contributed by atoms with Crippen LogP contribution in [0.1, 0.15) is 24.0 Å². The van der Waals surface area contributed by atoms with Crippen LogP contribution in [0.4, 0.5) is 0 Å². The molecule has 0 amide bonds. The Morgan fingerprint density at radius 2 is 2.30 bits per heavy atom. The van der Waals surface area contributed by atoms with Crippen LogP contribution in [0.15, 0.2) is 29.4 Å². The van der Waals surface area contributed by atoms with Gasteiger partial charge in [-0.1, -0.05) is 23.4 Å². The van der Waals surface area contributed by atoms with E-state index in [4.69, 9.17) is 10.9 Å². The molecule has 1 unspecified atom stereocenters. The van der Waals surface area contributed by atoms with E-state index in [1.54, 1.807) is 6.07 Å². The van der Waals surface area contributed by atoms with Gasteiger partial charge in [0.15, 0.2) is 15.7 Å². The van der Waals surface area contributed by atoms with Gasteiger partial charge >= 0.3 is 0 Å². The highest BCUT2D eigenvalue weighted by Gasteiger charge is 2.24. The first-order valence-electron chi connectivity index (χ1n) is 6.51. The molecular formula is C13H19N3O3S. The number of rotatable bonds is 4. The summed E-state index contributed by atoms with van der Waals surface area (Å²) < 4.78 is 23.1. The van der Waals surface area contributed by atoms with Gasteiger partial charge in [-0.25, -0.2) is 8.42 Å². The zero-order valence-electron chi connectivity index (χ0n) is 11.1. The summed E-state index contributed by atoms with van der Waals surface area (Å²) in [5, 5.41) is 14.9. The van der Waals surface area contributed by atoms with E-state index in [0.29, 0.717) is 24.3 Å². The Hall–Kier alpha value is -1.60. The summed E-state index contributed by atoms with van der Waals surface area (Å²) in [5.74, 6) is 0.559. The maximum atomic E-state index is 11.6. The summed E-state index contributed by atoms with van der Waals surface area (Å²) in [4.78, 5) is 0. The summed E-state index contributed by atoms with van der Waals surface area (Å²) in [6, 6.07) is 7.31. The lowest BCUT2D eigenvalue weighted by Crippen LogP contribution is -2.39. The Kier molecular flexibility index (Phi) is 4.61. The van der Waals surface area contributed by atoms with Gasteiger partial charge in [0.2, 0.25) is 0 Å². The first-order chi connectivity index (χ1) is 9.50. The predicted molar refractivity (Wildman–Crippen MR) is 77.5 cm³/mol. The van der Waals surface area contributed by atoms with Crippen LogP contribution in [0, 0.1) is 0 Å². The van der Waals surface area contributed by atoms with Crippen molar-refractivity contribution in [1.29, 1.82) is 0 Å². The second-order valence-corrected chi connectivity index (χ2v) is 7.25. The number of amidine groups is 1. The molecule has 1 heterocycles. The molecule has 0 radical (unpaired) electrons. The van der Waals surface area contributed by atoms with E-state index >= 15 is 0 Å². The van der Waals surface area contributed by atoms with E-state index in [-0.39, 0.29) is 17.6 Å². The summed E-state index contributed by atoms with van der Waals surface area (Å²) >= 11 is 0. The van der Waals surface area contributed by atoms with E-state index in [0.717, 1.165) is 12.0 Å². The van der Waals surface area contributed by atoms with Crippen LogP contribution in [-0.4, -0.2) is 37.0 Å². The van der Waals surface area contributed by atoms with Crippen molar-refractivity contribution in [3.05, 3.63) is 35.4 Å². The summed E-state index contributed by atoms with van der Waals surface area (Å²) in [5.41, 5.74) is 7.15. The number of sulfone groups is 1. The lowest BCUT2D eigenvalue weighted by molar-refractivity contribution is 0.318. The van der Waals surface area contributed by atoms with Crippen LogP contribution in [0.3, 0.4) is 0 Å². The van der Waals surface area contributed by atoms with Gasteiger partial charge in [0, 0.05) is 18.2 Å². The standard InChI is InChI=1S/C13H19N3O3S/c14-13(16-17)11-4-1-3-10(7-11)8-15-12-5-2-6-20(18,19)9-12/h1,3-4,7,12,15,17H,2,5-6,8-9H2,(H2,14,16). The number of hydrogen-bond donors (Lipinski definition) is 3. The summed E-state index contributed by atoms with van der Waals surface area (Å²) in [7, 11) is -2.90. The van der Waals surface area contributed by atoms with E-state index in [1.165, 1.54) is 0 Å². The van der Waals surface area contributed by atoms with Crippen molar-refractivity contribution >= 4 is 15.7 Å². The van der Waals surface area contributed by atoms with Crippen molar-refractivity contribution in [2.75, 3.05) is 11.5 Å². The molecule has 20 heavy (non-hydrogen) atoms. The van der Waals surface area contributed by atoms with Crippen LogP contribution in [0.5, 0.6) is 0 Å². The minimum absolute atomic E-state index is 0.00117. The highest BCUT2D eigenvalue weighted by molar-refractivity contribution is 7.91. The van der Waals surface area contributed by atoms with Crippen LogP contribution < -0.4 is 11.1 Å². The number of nitrogens with one attached hydrogen (secondary N) is 1. The highest BCUT2D eigenvalue weighted by atomic mass is 32.2. The molecule has 7 heteroatoms. The SMILES string of the molecule is NC(=NO)c1cccc(CNC2CCCS(=O)(=O)C2)c1. The molecule has 1 aliphatic heterocycles. The fraction of sp³-hybridized carbons (Fsp3) is 0.462. The molecule has 1 aliphatic rings. The average Bonchev–Trinajstić information content (AvgIpc) is 2.43. The fourth-order valence-corrected chi connectivity index (χ4v) is 4.02. The molecule has 1 fully saturated rings. The van der Waals surface area contributed by atoms with Gasteiger partial charge in [0.1, 0.15) is 0 Å². The van der Waals surface area contributed by atoms with Gasteiger partial charge < -0.3 is 16.3 Å². The molecule has 0 bridgehead atoms. The third-order valence-corrected chi connectivity index (χ3v) is 5.21. The molecule has 110 valence electrons. The molecule has 1 atom stereocenters. The molecule has 4 N–H and O–H groups in total. The van der Waals surface area contributed by atoms with Crippen molar-refractivity contribution in [2.45, 2.75) is 25.4 Å². The molecule has 6 nitrogen and oxygen atoms in total. The van der Waals surface area contributed by atoms with Gasteiger partial charge in [0.05, 0.1) is 11.5 Å². The zero-order valence-corrected chi connectivity index (χ0v) is 11.9. The number of nitrogens with two attached hydrogens (primary N) is 1. The Morgan fingerprint density at radius 3 is 3.00 bits per heavy atom. The molecule has 1 aromatic carbocycles.